The Kier molecular flexibility index (Phi) is 7.92. The highest BCUT2D eigenvalue weighted by Gasteiger charge is 2.29. The van der Waals surface area contributed by atoms with Crippen LogP contribution in [0.15, 0.2) is 18.2 Å². The Hall–Kier alpha value is -2.71. The Bertz CT molecular complexity index is 922. The van der Waals surface area contributed by atoms with Crippen LogP contribution in [0, 0.1) is 6.92 Å². The summed E-state index contributed by atoms with van der Waals surface area (Å²) in [5.41, 5.74) is 1.28. The molecule has 0 fully saturated rings. The van der Waals surface area contributed by atoms with Crippen molar-refractivity contribution in [3.63, 3.8) is 0 Å². The molecule has 2 rings (SSSR count). The molecule has 0 aliphatic carbocycles. The molecule has 0 amide bonds. The molecule has 0 bridgehead atoms. The number of hydrogen-bond acceptors (Lipinski definition) is 7. The van der Waals surface area contributed by atoms with Gasteiger partial charge in [-0.25, -0.2) is 14.3 Å². The number of benzene rings is 1. The smallest absolute Gasteiger partial charge is 0.359 e. The number of carbonyl (C=O) groups is 3. The van der Waals surface area contributed by atoms with Crippen LogP contribution < -0.4 is 0 Å². The molecule has 0 unspecified atom stereocenters. The second kappa shape index (κ2) is 10.2. The van der Waals surface area contributed by atoms with Crippen molar-refractivity contribution in [2.24, 2.45) is 0 Å². The molecule has 8 nitrogen and oxygen atoms in total. The van der Waals surface area contributed by atoms with Gasteiger partial charge in [-0.2, -0.15) is 5.10 Å². The fourth-order valence-corrected chi connectivity index (χ4v) is 2.86. The zero-order valence-corrected chi connectivity index (χ0v) is 17.5. The van der Waals surface area contributed by atoms with Gasteiger partial charge < -0.3 is 14.2 Å². The van der Waals surface area contributed by atoms with Crippen LogP contribution in [0.25, 0.3) is 0 Å². The van der Waals surface area contributed by atoms with Crippen molar-refractivity contribution in [2.45, 2.75) is 33.9 Å². The van der Waals surface area contributed by atoms with Gasteiger partial charge in [-0.3, -0.25) is 4.79 Å². The van der Waals surface area contributed by atoms with Crippen molar-refractivity contribution >= 4 is 29.3 Å². The van der Waals surface area contributed by atoms with Crippen LogP contribution in [0.4, 0.5) is 0 Å². The molecule has 0 aliphatic heterocycles. The SMILES string of the molecule is CCOC(=O)c1nn(CC(=O)c2ccc(C)c(Cl)c2)c(C(=O)OCC)c1COC. The third-order valence-corrected chi connectivity index (χ3v) is 4.47. The highest BCUT2D eigenvalue weighted by Crippen LogP contribution is 2.21. The number of aryl methyl sites for hydroxylation is 1. The van der Waals surface area contributed by atoms with Crippen molar-refractivity contribution in [1.82, 2.24) is 9.78 Å². The second-order valence-corrected chi connectivity index (χ2v) is 6.50. The number of halogens is 1. The van der Waals surface area contributed by atoms with Crippen LogP contribution in [-0.2, 0) is 27.4 Å². The number of ether oxygens (including phenoxy) is 3. The summed E-state index contributed by atoms with van der Waals surface area (Å²) in [5.74, 6) is -1.76. The Balaban J connectivity index is 2.51. The van der Waals surface area contributed by atoms with Gasteiger partial charge in [-0.05, 0) is 32.4 Å². The quantitative estimate of drug-likeness (QED) is 0.452. The minimum Gasteiger partial charge on any atom is -0.461 e. The average molecular weight is 423 g/mol. The molecule has 1 aromatic carbocycles. The Morgan fingerprint density at radius 2 is 1.76 bits per heavy atom. The van der Waals surface area contributed by atoms with Crippen LogP contribution in [0.5, 0.6) is 0 Å². The first-order chi connectivity index (χ1) is 13.8. The molecule has 1 heterocycles. The fourth-order valence-electron chi connectivity index (χ4n) is 2.68. The Labute approximate surface area is 173 Å². The summed E-state index contributed by atoms with van der Waals surface area (Å²) < 4.78 is 16.4. The lowest BCUT2D eigenvalue weighted by Crippen LogP contribution is -2.19. The van der Waals surface area contributed by atoms with Crippen LogP contribution >= 0.6 is 11.6 Å². The molecule has 156 valence electrons. The molecule has 9 heteroatoms. The highest BCUT2D eigenvalue weighted by molar-refractivity contribution is 6.31. The van der Waals surface area contributed by atoms with Crippen molar-refractivity contribution in [2.75, 3.05) is 20.3 Å². The highest BCUT2D eigenvalue weighted by atomic mass is 35.5. The predicted molar refractivity (Wildman–Crippen MR) is 105 cm³/mol. The molecule has 2 aromatic rings. The summed E-state index contributed by atoms with van der Waals surface area (Å²) in [6, 6.07) is 4.92. The van der Waals surface area contributed by atoms with Gasteiger partial charge >= 0.3 is 11.9 Å². The van der Waals surface area contributed by atoms with E-state index >= 15 is 0 Å². The van der Waals surface area contributed by atoms with E-state index in [0.717, 1.165) is 10.2 Å². The molecule has 0 spiro atoms. The molecule has 0 radical (unpaired) electrons. The summed E-state index contributed by atoms with van der Waals surface area (Å²) in [6.45, 7) is 5.02. The van der Waals surface area contributed by atoms with Crippen LogP contribution in [-0.4, -0.2) is 47.8 Å². The molecule has 0 N–H and O–H groups in total. The first-order valence-electron chi connectivity index (χ1n) is 9.06. The number of rotatable bonds is 9. The molecule has 0 atom stereocenters. The number of carbonyl (C=O) groups excluding carboxylic acids is 3. The summed E-state index contributed by atoms with van der Waals surface area (Å²) in [5, 5.41) is 4.62. The van der Waals surface area contributed by atoms with Crippen molar-refractivity contribution < 1.29 is 28.6 Å². The summed E-state index contributed by atoms with van der Waals surface area (Å²) >= 11 is 6.10. The van der Waals surface area contributed by atoms with Crippen molar-refractivity contribution in [3.05, 3.63) is 51.3 Å². The molecule has 0 aliphatic rings. The normalized spacial score (nSPS) is 10.7. The standard InChI is InChI=1S/C20H23ClN2O6/c1-5-28-19(25)17-14(11-27-4)18(20(26)29-6-2)23(22-17)10-16(24)13-8-7-12(3)15(21)9-13/h7-9H,5-6,10-11H2,1-4H3. The summed E-state index contributed by atoms with van der Waals surface area (Å²) in [6.07, 6.45) is 0. The van der Waals surface area contributed by atoms with Gasteiger partial charge in [0.15, 0.2) is 17.2 Å². The predicted octanol–water partition coefficient (Wildman–Crippen LogP) is 3.23. The van der Waals surface area contributed by atoms with Gasteiger partial charge in [0.25, 0.3) is 0 Å². The van der Waals surface area contributed by atoms with Gasteiger partial charge in [0.05, 0.1) is 19.8 Å². The maximum Gasteiger partial charge on any atom is 0.359 e. The van der Waals surface area contributed by atoms with Crippen LogP contribution in [0.3, 0.4) is 0 Å². The van der Waals surface area contributed by atoms with Crippen molar-refractivity contribution in [1.29, 1.82) is 0 Å². The molecule has 29 heavy (non-hydrogen) atoms. The molecular formula is C20H23ClN2O6. The van der Waals surface area contributed by atoms with Crippen LogP contribution in [0.2, 0.25) is 5.02 Å². The summed E-state index contributed by atoms with van der Waals surface area (Å²) in [7, 11) is 1.42. The van der Waals surface area contributed by atoms with Gasteiger partial charge in [0, 0.05) is 23.3 Å². The monoisotopic (exact) mass is 422 g/mol. The minimum atomic E-state index is -0.713. The van der Waals surface area contributed by atoms with Gasteiger partial charge in [-0.1, -0.05) is 23.7 Å². The van der Waals surface area contributed by atoms with Gasteiger partial charge in [-0.15, -0.1) is 0 Å². The molecule has 1 aromatic heterocycles. The second-order valence-electron chi connectivity index (χ2n) is 6.09. The Morgan fingerprint density at radius 1 is 1.10 bits per heavy atom. The van der Waals surface area contributed by atoms with E-state index in [1.54, 1.807) is 32.0 Å². The van der Waals surface area contributed by atoms with Gasteiger partial charge in [0.1, 0.15) is 6.54 Å². The maximum absolute atomic E-state index is 12.8. The zero-order chi connectivity index (χ0) is 21.6. The van der Waals surface area contributed by atoms with Crippen LogP contribution in [0.1, 0.15) is 56.3 Å². The topological polar surface area (TPSA) is 96.7 Å². The van der Waals surface area contributed by atoms with Crippen molar-refractivity contribution in [3.8, 4) is 0 Å². The minimum absolute atomic E-state index is 0.0247. The number of hydrogen-bond donors (Lipinski definition) is 0. The zero-order valence-electron chi connectivity index (χ0n) is 16.8. The molecule has 0 saturated heterocycles. The van der Waals surface area contributed by atoms with E-state index < -0.39 is 11.9 Å². The molecular weight excluding hydrogens is 400 g/mol. The third kappa shape index (κ3) is 5.21. The third-order valence-electron chi connectivity index (χ3n) is 4.06. The summed E-state index contributed by atoms with van der Waals surface area (Å²) in [4.78, 5) is 37.6. The van der Waals surface area contributed by atoms with E-state index in [2.05, 4.69) is 5.10 Å². The Morgan fingerprint density at radius 3 is 2.34 bits per heavy atom. The first kappa shape index (κ1) is 22.6. The lowest BCUT2D eigenvalue weighted by molar-refractivity contribution is 0.0504. The number of nitrogens with zero attached hydrogens (tertiary/aromatic N) is 2. The van der Waals surface area contributed by atoms with E-state index in [1.165, 1.54) is 7.11 Å². The number of methoxy groups -OCH3 is 1. The lowest BCUT2D eigenvalue weighted by atomic mass is 10.1. The van der Waals surface area contributed by atoms with E-state index in [0.29, 0.717) is 10.6 Å². The number of Topliss-reactive ketones (excluding diaryl/α,β-unsaturated/α-hetero) is 1. The molecule has 0 saturated carbocycles. The van der Waals surface area contributed by atoms with E-state index in [4.69, 9.17) is 25.8 Å². The fraction of sp³-hybridized carbons (Fsp3) is 0.400. The van der Waals surface area contributed by atoms with E-state index in [-0.39, 0.29) is 49.1 Å². The lowest BCUT2D eigenvalue weighted by Gasteiger charge is -2.09. The number of aromatic nitrogens is 2. The maximum atomic E-state index is 12.8. The van der Waals surface area contributed by atoms with E-state index in [9.17, 15) is 14.4 Å². The number of ketones is 1. The average Bonchev–Trinajstić information content (AvgIpc) is 3.02. The van der Waals surface area contributed by atoms with Gasteiger partial charge in [0.2, 0.25) is 0 Å². The van der Waals surface area contributed by atoms with E-state index in [1.807, 2.05) is 6.92 Å². The largest absolute Gasteiger partial charge is 0.461 e. The number of esters is 2. The first-order valence-corrected chi connectivity index (χ1v) is 9.43.